The van der Waals surface area contributed by atoms with E-state index in [2.05, 4.69) is 13.8 Å². The number of hydrogen-bond donors (Lipinski definition) is 3. The second-order valence-electron chi connectivity index (χ2n) is 5.73. The van der Waals surface area contributed by atoms with E-state index >= 15 is 0 Å². The molecule has 0 aliphatic heterocycles. The van der Waals surface area contributed by atoms with Crippen molar-refractivity contribution in [2.24, 2.45) is 5.92 Å². The van der Waals surface area contributed by atoms with Gasteiger partial charge in [-0.15, -0.1) is 0 Å². The first-order valence-corrected chi connectivity index (χ1v) is 10.9. The zero-order valence-corrected chi connectivity index (χ0v) is 17.5. The summed E-state index contributed by atoms with van der Waals surface area (Å²) >= 11 is 1.12. The van der Waals surface area contributed by atoms with Crippen molar-refractivity contribution in [3.8, 4) is 0 Å². The third kappa shape index (κ3) is 19.6. The molecule has 2 atom stereocenters. The van der Waals surface area contributed by atoms with Crippen LogP contribution >= 0.6 is 0 Å². The molecule has 0 aromatic carbocycles. The van der Waals surface area contributed by atoms with Crippen LogP contribution < -0.4 is 0 Å². The molecule has 0 saturated carbocycles. The van der Waals surface area contributed by atoms with Gasteiger partial charge >= 0.3 is 130 Å². The minimum Gasteiger partial charge on any atom is -0.478 e. The molecule has 0 rings (SSSR count). The van der Waals surface area contributed by atoms with E-state index in [9.17, 15) is 18.0 Å². The van der Waals surface area contributed by atoms with Crippen LogP contribution in [0.15, 0.2) is 12.2 Å². The van der Waals surface area contributed by atoms with Crippen molar-refractivity contribution in [3.05, 3.63) is 12.2 Å². The fourth-order valence-corrected chi connectivity index (χ4v) is 4.07. The number of rotatable bonds is 11. The molecule has 0 bridgehead atoms. The van der Waals surface area contributed by atoms with Gasteiger partial charge in [-0.2, -0.15) is 0 Å². The topological polar surface area (TPSA) is 129 Å². The Morgan fingerprint density at radius 2 is 1.54 bits per heavy atom. The van der Waals surface area contributed by atoms with Gasteiger partial charge in [0.2, 0.25) is 0 Å². The second kappa shape index (κ2) is 14.9. The van der Waals surface area contributed by atoms with E-state index in [1.807, 2.05) is 0 Å². The first-order chi connectivity index (χ1) is 11.0. The average Bonchev–Trinajstić information content (AvgIpc) is 2.45. The Morgan fingerprint density at radius 3 is 1.88 bits per heavy atom. The smallest absolute Gasteiger partial charge is 0.328 e. The largest absolute Gasteiger partial charge is 0.478 e. The van der Waals surface area contributed by atoms with Crippen molar-refractivity contribution in [2.45, 2.75) is 55.5 Å². The van der Waals surface area contributed by atoms with E-state index < -0.39 is 22.1 Å². The van der Waals surface area contributed by atoms with E-state index in [0.29, 0.717) is 21.7 Å². The van der Waals surface area contributed by atoms with Gasteiger partial charge in [0.05, 0.1) is 0 Å². The van der Waals surface area contributed by atoms with Gasteiger partial charge in [0.25, 0.3) is 0 Å². The molecule has 0 heterocycles. The Morgan fingerprint density at radius 1 is 1.04 bits per heavy atom. The van der Waals surface area contributed by atoms with Crippen LogP contribution in [0.25, 0.3) is 0 Å². The van der Waals surface area contributed by atoms with Gasteiger partial charge in [-0.3, -0.25) is 0 Å². The van der Waals surface area contributed by atoms with Crippen molar-refractivity contribution in [3.63, 3.8) is 0 Å². The van der Waals surface area contributed by atoms with Crippen molar-refractivity contribution in [1.29, 1.82) is 0 Å². The molecule has 0 spiro atoms. The van der Waals surface area contributed by atoms with E-state index in [1.165, 1.54) is 25.7 Å². The summed E-state index contributed by atoms with van der Waals surface area (Å²) in [7, 11) is -3.75. The third-order valence-electron chi connectivity index (χ3n) is 3.69. The zero-order valence-electron chi connectivity index (χ0n) is 14.6. The summed E-state index contributed by atoms with van der Waals surface area (Å²) < 4.78 is 30.5. The van der Waals surface area contributed by atoms with Crippen LogP contribution in [0.3, 0.4) is 0 Å². The number of carboxylic acids is 2. The number of unbranched alkanes of at least 4 members (excludes halogenated alkanes) is 1. The Bertz CT molecular complexity index is 472. The van der Waals surface area contributed by atoms with E-state index in [-0.39, 0.29) is 5.75 Å². The van der Waals surface area contributed by atoms with Crippen molar-refractivity contribution in [2.75, 3.05) is 5.75 Å². The molecule has 0 saturated heterocycles. The molecule has 0 fully saturated rings. The van der Waals surface area contributed by atoms with Crippen LogP contribution in [0.1, 0.15) is 52.4 Å². The standard InChI is InChI=1S/C11H23O3S.C4H4O4.Na/c1-3-5-8-11(4-2)9-6-7-10-15(12,13)14;5-3(6)1-2-4(7)8;/h9,11H,3-8,10H2,1-2H3,(H,12,13,14);1-2H,(H,5,6)(H,7,8);/b;2-1-;. The third-order valence-corrected chi connectivity index (χ3v) is 6.01. The van der Waals surface area contributed by atoms with Crippen molar-refractivity contribution in [1.82, 2.24) is 0 Å². The quantitative estimate of drug-likeness (QED) is 0.288. The summed E-state index contributed by atoms with van der Waals surface area (Å²) in [6.45, 7) is 4.42. The van der Waals surface area contributed by atoms with Crippen LogP contribution in [-0.2, 0) is 19.7 Å². The van der Waals surface area contributed by atoms with Gasteiger partial charge in [-0.25, -0.2) is 9.59 Å². The number of aliphatic carboxylic acids is 2. The molecule has 7 nitrogen and oxygen atoms in total. The summed E-state index contributed by atoms with van der Waals surface area (Å²) in [5, 5.41) is 15.6. The molecular weight excluding hydrogens is 347 g/mol. The van der Waals surface area contributed by atoms with E-state index in [1.54, 1.807) is 0 Å². The Balaban J connectivity index is 0. The number of hydrogen-bond acceptors (Lipinski definition) is 4. The minimum absolute atomic E-state index is 0.0735. The maximum atomic E-state index is 10.6. The van der Waals surface area contributed by atoms with Gasteiger partial charge in [0.15, 0.2) is 0 Å². The van der Waals surface area contributed by atoms with E-state index in [4.69, 9.17) is 14.8 Å². The van der Waals surface area contributed by atoms with Crippen LogP contribution in [0, 0.1) is 5.92 Å². The monoisotopic (exact) mass is 374 g/mol. The SMILES string of the molecule is CCCCC(CC)[CH]([Na])CCCS(=O)(=O)O.O=C(O)/C=C\C(=O)O. The second-order valence-corrected chi connectivity index (χ2v) is 8.78. The molecule has 9 heteroatoms. The molecular formula is C15H27NaO7S. The number of carbonyl (C=O) groups is 2. The van der Waals surface area contributed by atoms with Crippen molar-refractivity contribution < 1.29 is 32.8 Å². The Hall–Kier alpha value is -0.410. The molecule has 0 aromatic heterocycles. The van der Waals surface area contributed by atoms with Gasteiger partial charge in [-0.05, 0) is 0 Å². The number of carboxylic acid groups (broad SMARTS) is 2. The van der Waals surface area contributed by atoms with Gasteiger partial charge in [0.1, 0.15) is 0 Å². The van der Waals surface area contributed by atoms with Crippen LogP contribution in [0.2, 0.25) is 3.17 Å². The Kier molecular flexibility index (Phi) is 16.0. The Labute approximate surface area is 161 Å². The summed E-state index contributed by atoms with van der Waals surface area (Å²) in [5.41, 5.74) is 0. The molecule has 136 valence electrons. The van der Waals surface area contributed by atoms with Crippen molar-refractivity contribution >= 4 is 50.0 Å². The molecule has 0 aromatic rings. The minimum atomic E-state index is -3.75. The molecule has 0 aliphatic rings. The summed E-state index contributed by atoms with van der Waals surface area (Å²) in [4.78, 5) is 19.1. The summed E-state index contributed by atoms with van der Waals surface area (Å²) in [5.74, 6) is -1.83. The zero-order chi connectivity index (χ0) is 19.2. The molecule has 0 aliphatic carbocycles. The summed E-state index contributed by atoms with van der Waals surface area (Å²) in [6.07, 6.45) is 7.65. The predicted octanol–water partition coefficient (Wildman–Crippen LogP) is 2.54. The maximum absolute atomic E-state index is 10.6. The van der Waals surface area contributed by atoms with Crippen LogP contribution in [-0.4, -0.2) is 68.8 Å². The summed E-state index contributed by atoms with van der Waals surface area (Å²) in [6, 6.07) is 0. The molecule has 0 radical (unpaired) electrons. The molecule has 3 N–H and O–H groups in total. The predicted molar refractivity (Wildman–Crippen MR) is 92.9 cm³/mol. The average molecular weight is 374 g/mol. The molecule has 2 unspecified atom stereocenters. The maximum Gasteiger partial charge on any atom is 0.328 e. The van der Waals surface area contributed by atoms with E-state index in [0.717, 1.165) is 40.3 Å². The van der Waals surface area contributed by atoms with Crippen LogP contribution in [0.5, 0.6) is 0 Å². The van der Waals surface area contributed by atoms with Crippen LogP contribution in [0.4, 0.5) is 0 Å². The van der Waals surface area contributed by atoms with Gasteiger partial charge in [-0.1, -0.05) is 0 Å². The van der Waals surface area contributed by atoms with Gasteiger partial charge in [0, 0.05) is 12.2 Å². The molecule has 0 amide bonds. The fourth-order valence-electron chi connectivity index (χ4n) is 2.32. The normalized spacial score (nSPS) is 13.9. The molecule has 24 heavy (non-hydrogen) atoms. The van der Waals surface area contributed by atoms with Gasteiger partial charge < -0.3 is 10.2 Å². The first kappa shape index (κ1) is 25.8. The fraction of sp³-hybridized carbons (Fsp3) is 0.733. The first-order valence-electron chi connectivity index (χ1n) is 8.12.